The maximum absolute atomic E-state index is 5.30. The first-order valence-corrected chi connectivity index (χ1v) is 11.0. The Balaban J connectivity index is 0.000000676. The van der Waals surface area contributed by atoms with Crippen LogP contribution >= 0.6 is 0 Å². The molecule has 25 heavy (non-hydrogen) atoms. The van der Waals surface area contributed by atoms with E-state index < -0.39 is 0 Å². The molecule has 0 saturated carbocycles. The van der Waals surface area contributed by atoms with Gasteiger partial charge in [-0.25, -0.2) is 0 Å². The van der Waals surface area contributed by atoms with E-state index in [1.807, 2.05) is 6.34 Å². The molecule has 0 aliphatic carbocycles. The van der Waals surface area contributed by atoms with Gasteiger partial charge in [0.15, 0.2) is 0 Å². The molecule has 0 atom stereocenters. The molecule has 0 saturated heterocycles. The molecular formula is C22H45N3. The highest BCUT2D eigenvalue weighted by Crippen LogP contribution is 2.12. The van der Waals surface area contributed by atoms with Gasteiger partial charge in [-0.2, -0.15) is 0 Å². The van der Waals surface area contributed by atoms with E-state index in [1.54, 1.807) is 6.20 Å². The normalized spacial score (nSPS) is 13.4. The van der Waals surface area contributed by atoms with Crippen molar-refractivity contribution in [1.82, 2.24) is 4.90 Å². The third-order valence-electron chi connectivity index (χ3n) is 4.78. The van der Waals surface area contributed by atoms with Crippen LogP contribution in [0.25, 0.3) is 0 Å². The molecular weight excluding hydrogens is 306 g/mol. The lowest BCUT2D eigenvalue weighted by molar-refractivity contribution is 0.494. The van der Waals surface area contributed by atoms with E-state index in [1.165, 1.54) is 83.5 Å². The van der Waals surface area contributed by atoms with Crippen LogP contribution in [0.1, 0.15) is 104 Å². The number of rotatable bonds is 15. The number of hydrogen-bond donors (Lipinski definition) is 1. The molecule has 0 aromatic heterocycles. The molecule has 0 spiro atoms. The Bertz CT molecular complexity index is 300. The number of nitrogens with two attached hydrogens (primary N) is 1. The van der Waals surface area contributed by atoms with E-state index >= 15 is 0 Å². The zero-order chi connectivity index (χ0) is 18.4. The third kappa shape index (κ3) is 19.2. The van der Waals surface area contributed by atoms with Crippen LogP contribution in [0.15, 0.2) is 17.3 Å². The van der Waals surface area contributed by atoms with Crippen molar-refractivity contribution in [3.05, 3.63) is 12.3 Å². The molecule has 3 heteroatoms. The molecule has 0 amide bonds. The van der Waals surface area contributed by atoms with Gasteiger partial charge in [0.05, 0.1) is 12.9 Å². The van der Waals surface area contributed by atoms with Gasteiger partial charge in [0, 0.05) is 13.1 Å². The van der Waals surface area contributed by atoms with E-state index in [0.717, 1.165) is 26.1 Å². The summed E-state index contributed by atoms with van der Waals surface area (Å²) in [6, 6.07) is 0. The van der Waals surface area contributed by atoms with Crippen molar-refractivity contribution in [3.8, 4) is 0 Å². The Morgan fingerprint density at radius 2 is 1.36 bits per heavy atom. The Hall–Kier alpha value is -0.990. The molecule has 0 radical (unpaired) electrons. The summed E-state index contributed by atoms with van der Waals surface area (Å²) in [6.45, 7) is 7.64. The summed E-state index contributed by atoms with van der Waals surface area (Å²) in [6.07, 6.45) is 25.3. The molecule has 3 nitrogen and oxygen atoms in total. The molecule has 148 valence electrons. The summed E-state index contributed by atoms with van der Waals surface area (Å²) >= 11 is 0. The molecule has 1 rings (SSSR count). The van der Waals surface area contributed by atoms with Crippen molar-refractivity contribution in [2.75, 3.05) is 19.6 Å². The van der Waals surface area contributed by atoms with Crippen molar-refractivity contribution >= 4 is 6.34 Å². The average Bonchev–Trinajstić information content (AvgIpc) is 3.16. The van der Waals surface area contributed by atoms with Crippen LogP contribution in [0.4, 0.5) is 0 Å². The molecule has 0 fully saturated rings. The van der Waals surface area contributed by atoms with Gasteiger partial charge in [0.1, 0.15) is 0 Å². The number of aliphatic imine (C=N–C) groups is 1. The van der Waals surface area contributed by atoms with Gasteiger partial charge in [-0.1, -0.05) is 90.0 Å². The van der Waals surface area contributed by atoms with Crippen molar-refractivity contribution in [2.24, 2.45) is 10.7 Å². The summed E-state index contributed by atoms with van der Waals surface area (Å²) in [7, 11) is 0. The minimum Gasteiger partial charge on any atom is -0.405 e. The predicted molar refractivity (Wildman–Crippen MR) is 114 cm³/mol. The largest absolute Gasteiger partial charge is 0.405 e. The standard InChI is InChI=1S/C17H35N.C5H10N2/c1-2-3-4-5-6-7-8-9-10-11-12-13-14-15-16-17-18;1-2-7-4-3-6-5-7/h16-17H,2-15,18H2,1H3;5H,2-4H2,1H3. The number of unbranched alkanes of at least 4 members (excludes halogenated alkanes) is 13. The van der Waals surface area contributed by atoms with Gasteiger partial charge in [0.2, 0.25) is 0 Å². The summed E-state index contributed by atoms with van der Waals surface area (Å²) in [5.41, 5.74) is 5.30. The number of hydrogen-bond acceptors (Lipinski definition) is 3. The molecule has 1 heterocycles. The summed E-state index contributed by atoms with van der Waals surface area (Å²) in [4.78, 5) is 6.23. The van der Waals surface area contributed by atoms with Crippen LogP contribution in [0.3, 0.4) is 0 Å². The first-order valence-electron chi connectivity index (χ1n) is 11.0. The van der Waals surface area contributed by atoms with Gasteiger partial charge < -0.3 is 10.6 Å². The van der Waals surface area contributed by atoms with E-state index in [2.05, 4.69) is 29.8 Å². The van der Waals surface area contributed by atoms with E-state index in [4.69, 9.17) is 5.73 Å². The number of likely N-dealkylation sites (N-methyl/N-ethyl adjacent to an activating group) is 1. The second kappa shape index (κ2) is 21.1. The molecule has 2 N–H and O–H groups in total. The van der Waals surface area contributed by atoms with Crippen molar-refractivity contribution in [1.29, 1.82) is 0 Å². The highest BCUT2D eigenvalue weighted by atomic mass is 15.2. The lowest BCUT2D eigenvalue weighted by atomic mass is 10.0. The van der Waals surface area contributed by atoms with Crippen LogP contribution < -0.4 is 5.73 Å². The number of nitrogens with zero attached hydrogens (tertiary/aromatic N) is 2. The minimum atomic E-state index is 0.994. The summed E-state index contributed by atoms with van der Waals surface area (Å²) in [5, 5.41) is 0. The Kier molecular flexibility index (Phi) is 20.2. The van der Waals surface area contributed by atoms with Gasteiger partial charge >= 0.3 is 0 Å². The summed E-state index contributed by atoms with van der Waals surface area (Å²) < 4.78 is 0. The highest BCUT2D eigenvalue weighted by Gasteiger charge is 1.98. The van der Waals surface area contributed by atoms with Crippen LogP contribution in [-0.4, -0.2) is 30.9 Å². The van der Waals surface area contributed by atoms with E-state index in [9.17, 15) is 0 Å². The smallest absolute Gasteiger partial charge is 0.0851 e. The van der Waals surface area contributed by atoms with Gasteiger partial charge in [-0.05, 0) is 26.0 Å². The summed E-state index contributed by atoms with van der Waals surface area (Å²) in [5.74, 6) is 0. The fourth-order valence-electron chi connectivity index (χ4n) is 3.03. The molecule has 0 bridgehead atoms. The fraction of sp³-hybridized carbons (Fsp3) is 0.864. The molecule has 1 aliphatic heterocycles. The van der Waals surface area contributed by atoms with Crippen LogP contribution in [-0.2, 0) is 0 Å². The van der Waals surface area contributed by atoms with Crippen molar-refractivity contribution in [2.45, 2.75) is 104 Å². The topological polar surface area (TPSA) is 41.6 Å². The molecule has 0 unspecified atom stereocenters. The maximum atomic E-state index is 5.30. The Morgan fingerprint density at radius 1 is 0.840 bits per heavy atom. The van der Waals surface area contributed by atoms with Crippen LogP contribution in [0.5, 0.6) is 0 Å². The molecule has 1 aliphatic rings. The average molecular weight is 352 g/mol. The van der Waals surface area contributed by atoms with E-state index in [0.29, 0.717) is 0 Å². The van der Waals surface area contributed by atoms with Gasteiger partial charge in [-0.15, -0.1) is 0 Å². The van der Waals surface area contributed by atoms with Crippen LogP contribution in [0, 0.1) is 0 Å². The monoisotopic (exact) mass is 351 g/mol. The first-order chi connectivity index (χ1) is 12.3. The Morgan fingerprint density at radius 3 is 1.72 bits per heavy atom. The zero-order valence-electron chi connectivity index (χ0n) is 17.2. The molecule has 0 aromatic carbocycles. The lowest BCUT2D eigenvalue weighted by Crippen LogP contribution is -2.18. The third-order valence-corrected chi connectivity index (χ3v) is 4.78. The van der Waals surface area contributed by atoms with Crippen molar-refractivity contribution < 1.29 is 0 Å². The highest BCUT2D eigenvalue weighted by molar-refractivity contribution is 5.56. The van der Waals surface area contributed by atoms with E-state index in [-0.39, 0.29) is 0 Å². The predicted octanol–water partition coefficient (Wildman–Crippen LogP) is 6.29. The number of allylic oxidation sites excluding steroid dienone is 1. The zero-order valence-corrected chi connectivity index (χ0v) is 17.2. The quantitative estimate of drug-likeness (QED) is 0.352. The SMILES string of the molecule is CCCCCCCCCCCCCCCC=CN.CCN1C=NCC1. The van der Waals surface area contributed by atoms with Crippen molar-refractivity contribution in [3.63, 3.8) is 0 Å². The second-order valence-electron chi connectivity index (χ2n) is 7.11. The van der Waals surface area contributed by atoms with Gasteiger partial charge in [-0.3, -0.25) is 4.99 Å². The molecule has 0 aromatic rings. The maximum Gasteiger partial charge on any atom is 0.0851 e. The lowest BCUT2D eigenvalue weighted by Gasteiger charge is -2.07. The fourth-order valence-corrected chi connectivity index (χ4v) is 3.03. The van der Waals surface area contributed by atoms with Gasteiger partial charge in [0.25, 0.3) is 0 Å². The van der Waals surface area contributed by atoms with Crippen LogP contribution in [0.2, 0.25) is 0 Å². The Labute approximate surface area is 158 Å². The second-order valence-corrected chi connectivity index (χ2v) is 7.11. The minimum absolute atomic E-state index is 0.994. The first kappa shape index (κ1) is 24.0.